The monoisotopic (exact) mass is 252 g/mol. The molecular formula is C14H17FO3. The number of hydrogen-bond acceptors (Lipinski definition) is 3. The lowest BCUT2D eigenvalue weighted by molar-refractivity contribution is 0.0976. The van der Waals surface area contributed by atoms with E-state index in [2.05, 4.69) is 0 Å². The Morgan fingerprint density at radius 3 is 3.11 bits per heavy atom. The molecule has 1 aliphatic rings. The van der Waals surface area contributed by atoms with Gasteiger partial charge >= 0.3 is 0 Å². The Morgan fingerprint density at radius 1 is 1.50 bits per heavy atom. The third kappa shape index (κ3) is 3.29. The number of ether oxygens (including phenoxy) is 2. The predicted octanol–water partition coefficient (Wildman–Crippen LogP) is 2.98. The van der Waals surface area contributed by atoms with Gasteiger partial charge in [0.15, 0.2) is 17.9 Å². The molecule has 0 amide bonds. The van der Waals surface area contributed by atoms with Gasteiger partial charge in [-0.15, -0.1) is 0 Å². The minimum Gasteiger partial charge on any atom is -0.490 e. The lowest BCUT2D eigenvalue weighted by atomic mass is 10.1. The Morgan fingerprint density at radius 2 is 2.39 bits per heavy atom. The van der Waals surface area contributed by atoms with Crippen LogP contribution in [-0.4, -0.2) is 25.6 Å². The number of aldehydes is 1. The van der Waals surface area contributed by atoms with Crippen LogP contribution >= 0.6 is 0 Å². The van der Waals surface area contributed by atoms with E-state index in [-0.39, 0.29) is 11.3 Å². The van der Waals surface area contributed by atoms with Crippen molar-refractivity contribution in [3.05, 3.63) is 29.6 Å². The maximum atomic E-state index is 13.5. The maximum Gasteiger partial charge on any atom is 0.165 e. The first-order valence-electron chi connectivity index (χ1n) is 6.29. The predicted molar refractivity (Wildman–Crippen MR) is 65.5 cm³/mol. The standard InChI is InChI=1S/C14H17FO3/c15-13-7-1-4-11(10-16)14(13)18-9-3-6-12-5-2-8-17-12/h1,4,7,10,12H,2-3,5-6,8-9H2. The molecule has 1 fully saturated rings. The summed E-state index contributed by atoms with van der Waals surface area (Å²) in [5.74, 6) is -0.434. The average molecular weight is 252 g/mol. The highest BCUT2D eigenvalue weighted by Crippen LogP contribution is 2.22. The van der Waals surface area contributed by atoms with Crippen molar-refractivity contribution >= 4 is 6.29 Å². The molecule has 0 N–H and O–H groups in total. The third-order valence-corrected chi connectivity index (χ3v) is 3.07. The van der Waals surface area contributed by atoms with Crippen LogP contribution in [0.25, 0.3) is 0 Å². The van der Waals surface area contributed by atoms with Crippen LogP contribution in [0.2, 0.25) is 0 Å². The van der Waals surface area contributed by atoms with Gasteiger partial charge in [-0.05, 0) is 37.8 Å². The number of hydrogen-bond donors (Lipinski definition) is 0. The summed E-state index contributed by atoms with van der Waals surface area (Å²) >= 11 is 0. The molecule has 1 aliphatic heterocycles. The maximum absolute atomic E-state index is 13.5. The molecule has 1 heterocycles. The van der Waals surface area contributed by atoms with Crippen molar-refractivity contribution < 1.29 is 18.7 Å². The molecule has 0 spiro atoms. The first-order valence-corrected chi connectivity index (χ1v) is 6.29. The van der Waals surface area contributed by atoms with Crippen LogP contribution in [0.4, 0.5) is 4.39 Å². The summed E-state index contributed by atoms with van der Waals surface area (Å²) in [4.78, 5) is 10.8. The van der Waals surface area contributed by atoms with E-state index in [1.165, 1.54) is 12.1 Å². The number of para-hydroxylation sites is 1. The minimum atomic E-state index is -0.489. The van der Waals surface area contributed by atoms with Crippen molar-refractivity contribution in [1.29, 1.82) is 0 Å². The van der Waals surface area contributed by atoms with E-state index >= 15 is 0 Å². The lowest BCUT2D eigenvalue weighted by Crippen LogP contribution is -2.08. The fourth-order valence-electron chi connectivity index (χ4n) is 2.13. The Kier molecular flexibility index (Phi) is 4.70. The quantitative estimate of drug-likeness (QED) is 0.576. The third-order valence-electron chi connectivity index (χ3n) is 3.07. The molecule has 98 valence electrons. The number of carbonyl (C=O) groups is 1. The number of rotatable bonds is 6. The Balaban J connectivity index is 1.80. The van der Waals surface area contributed by atoms with Gasteiger partial charge in [-0.1, -0.05) is 6.07 Å². The smallest absolute Gasteiger partial charge is 0.165 e. The minimum absolute atomic E-state index is 0.0554. The van der Waals surface area contributed by atoms with E-state index in [9.17, 15) is 9.18 Å². The molecule has 1 aromatic carbocycles. The van der Waals surface area contributed by atoms with E-state index in [1.54, 1.807) is 6.07 Å². The lowest BCUT2D eigenvalue weighted by Gasteiger charge is -2.11. The Hall–Kier alpha value is -1.42. The summed E-state index contributed by atoms with van der Waals surface area (Å²) < 4.78 is 24.3. The number of halogens is 1. The van der Waals surface area contributed by atoms with E-state index < -0.39 is 5.82 Å². The highest BCUT2D eigenvalue weighted by atomic mass is 19.1. The molecule has 1 unspecified atom stereocenters. The van der Waals surface area contributed by atoms with Gasteiger partial charge in [-0.3, -0.25) is 4.79 Å². The van der Waals surface area contributed by atoms with Gasteiger partial charge in [-0.25, -0.2) is 4.39 Å². The van der Waals surface area contributed by atoms with Gasteiger partial charge in [0.05, 0.1) is 18.3 Å². The molecule has 0 aliphatic carbocycles. The van der Waals surface area contributed by atoms with Crippen LogP contribution in [0, 0.1) is 5.82 Å². The highest BCUT2D eigenvalue weighted by molar-refractivity contribution is 5.79. The van der Waals surface area contributed by atoms with Crippen LogP contribution in [0.3, 0.4) is 0 Å². The Bertz CT molecular complexity index is 400. The molecule has 3 nitrogen and oxygen atoms in total. The fourth-order valence-corrected chi connectivity index (χ4v) is 2.13. The van der Waals surface area contributed by atoms with Gasteiger partial charge in [-0.2, -0.15) is 0 Å². The Labute approximate surface area is 106 Å². The van der Waals surface area contributed by atoms with Crippen molar-refractivity contribution in [2.24, 2.45) is 0 Å². The first-order chi connectivity index (χ1) is 8.81. The zero-order chi connectivity index (χ0) is 12.8. The van der Waals surface area contributed by atoms with Crippen molar-refractivity contribution in [3.63, 3.8) is 0 Å². The molecule has 4 heteroatoms. The van der Waals surface area contributed by atoms with Crippen molar-refractivity contribution in [3.8, 4) is 5.75 Å². The summed E-state index contributed by atoms with van der Waals surface area (Å²) in [7, 11) is 0. The van der Waals surface area contributed by atoms with Gasteiger partial charge in [0.25, 0.3) is 0 Å². The summed E-state index contributed by atoms with van der Waals surface area (Å²) in [5.41, 5.74) is 0.257. The van der Waals surface area contributed by atoms with Gasteiger partial charge < -0.3 is 9.47 Å². The molecule has 0 bridgehead atoms. The fraction of sp³-hybridized carbons (Fsp3) is 0.500. The van der Waals surface area contributed by atoms with Gasteiger partial charge in [0.1, 0.15) is 0 Å². The van der Waals surface area contributed by atoms with E-state index in [4.69, 9.17) is 9.47 Å². The molecule has 2 rings (SSSR count). The van der Waals surface area contributed by atoms with Crippen molar-refractivity contribution in [2.45, 2.75) is 31.8 Å². The molecule has 0 radical (unpaired) electrons. The van der Waals surface area contributed by atoms with Crippen molar-refractivity contribution in [2.75, 3.05) is 13.2 Å². The second-order valence-electron chi connectivity index (χ2n) is 4.40. The molecule has 0 saturated carbocycles. The summed E-state index contributed by atoms with van der Waals surface area (Å²) in [6, 6.07) is 4.34. The van der Waals surface area contributed by atoms with E-state index in [0.29, 0.717) is 19.0 Å². The van der Waals surface area contributed by atoms with Crippen molar-refractivity contribution in [1.82, 2.24) is 0 Å². The molecule has 1 atom stereocenters. The van der Waals surface area contributed by atoms with Crippen LogP contribution < -0.4 is 4.74 Å². The highest BCUT2D eigenvalue weighted by Gasteiger charge is 2.15. The topological polar surface area (TPSA) is 35.5 Å². The molecule has 1 saturated heterocycles. The second kappa shape index (κ2) is 6.50. The summed E-state index contributed by atoms with van der Waals surface area (Å²) in [6.07, 6.45) is 4.87. The largest absolute Gasteiger partial charge is 0.490 e. The molecule has 0 aromatic heterocycles. The van der Waals surface area contributed by atoms with Crippen LogP contribution in [0.5, 0.6) is 5.75 Å². The number of benzene rings is 1. The van der Waals surface area contributed by atoms with Crippen LogP contribution in [0.1, 0.15) is 36.0 Å². The van der Waals surface area contributed by atoms with Crippen LogP contribution in [-0.2, 0) is 4.74 Å². The molecule has 1 aromatic rings. The normalized spacial score (nSPS) is 18.8. The zero-order valence-corrected chi connectivity index (χ0v) is 10.2. The summed E-state index contributed by atoms with van der Waals surface area (Å²) in [5, 5.41) is 0. The molecule has 18 heavy (non-hydrogen) atoms. The first kappa shape index (κ1) is 13.0. The average Bonchev–Trinajstić information content (AvgIpc) is 2.89. The van der Waals surface area contributed by atoms with E-state index in [0.717, 1.165) is 32.3 Å². The number of carbonyl (C=O) groups excluding carboxylic acids is 1. The summed E-state index contributed by atoms with van der Waals surface area (Å²) in [6.45, 7) is 1.25. The van der Waals surface area contributed by atoms with Crippen LogP contribution in [0.15, 0.2) is 18.2 Å². The SMILES string of the molecule is O=Cc1cccc(F)c1OCCCC1CCCO1. The molecular weight excluding hydrogens is 235 g/mol. The second-order valence-corrected chi connectivity index (χ2v) is 4.40. The van der Waals surface area contributed by atoms with Gasteiger partial charge in [0, 0.05) is 6.61 Å². The van der Waals surface area contributed by atoms with E-state index in [1.807, 2.05) is 0 Å². The van der Waals surface area contributed by atoms with Gasteiger partial charge in [0.2, 0.25) is 0 Å². The zero-order valence-electron chi connectivity index (χ0n) is 10.2.